The van der Waals surface area contributed by atoms with E-state index in [1.165, 1.54) is 22.7 Å². The van der Waals surface area contributed by atoms with Crippen LogP contribution in [0.15, 0.2) is 34.3 Å². The number of aromatic nitrogens is 3. The number of hydrogen-bond donors (Lipinski definition) is 0. The van der Waals surface area contributed by atoms with Gasteiger partial charge in [0, 0.05) is 31.1 Å². The summed E-state index contributed by atoms with van der Waals surface area (Å²) in [6.45, 7) is 3.40. The lowest BCUT2D eigenvalue weighted by atomic mass is 9.69. The van der Waals surface area contributed by atoms with Crippen LogP contribution in [0, 0.1) is 16.7 Å². The van der Waals surface area contributed by atoms with Crippen LogP contribution in [-0.4, -0.2) is 63.0 Å². The lowest BCUT2D eigenvalue weighted by Gasteiger charge is -2.52. The second kappa shape index (κ2) is 8.65. The number of carbonyl (C=O) groups is 2. The summed E-state index contributed by atoms with van der Waals surface area (Å²) in [5, 5.41) is 7.17. The number of carbonyl (C=O) groups excluding carboxylic acids is 2. The predicted octanol–water partition coefficient (Wildman–Crippen LogP) is 5.17. The number of thiazole rings is 1. The molecule has 0 N–H and O–H groups in total. The molecule has 1 saturated carbocycles. The second-order valence-corrected chi connectivity index (χ2v) is 12.9. The molecular weight excluding hydrogens is 578 g/mol. The van der Waals surface area contributed by atoms with Gasteiger partial charge in [-0.05, 0) is 24.0 Å². The highest BCUT2D eigenvalue weighted by molar-refractivity contribution is 7.11. The van der Waals surface area contributed by atoms with Crippen molar-refractivity contribution in [1.82, 2.24) is 25.0 Å². The Kier molecular flexibility index (Phi) is 5.88. The van der Waals surface area contributed by atoms with Gasteiger partial charge < -0.3 is 14.2 Å². The standard InChI is InChI=1S/C25H22Cl2F3N5O3S/c1-22(2)6-14(22)18(36)34-8-23(9-34)10-35(19(37)17-7-31-12-39-17)11-24(23,28)20-32-33-21(38-20)25(29,30)13-3-4-15(26)16(27)5-13/h3-5,7,12,14H,6,8-11H2,1-2H3/t14-,24-/m1/s1. The maximum absolute atomic E-state index is 17.1. The van der Waals surface area contributed by atoms with E-state index in [-0.39, 0.29) is 46.9 Å². The van der Waals surface area contributed by atoms with Crippen LogP contribution in [0.3, 0.4) is 0 Å². The van der Waals surface area contributed by atoms with Gasteiger partial charge in [0.2, 0.25) is 11.6 Å². The van der Waals surface area contributed by atoms with E-state index < -0.39 is 46.8 Å². The Morgan fingerprint density at radius 1 is 1.10 bits per heavy atom. The van der Waals surface area contributed by atoms with Crippen LogP contribution in [-0.2, 0) is 16.4 Å². The van der Waals surface area contributed by atoms with Gasteiger partial charge in [-0.2, -0.15) is 8.78 Å². The highest BCUT2D eigenvalue weighted by Crippen LogP contribution is 2.58. The number of benzene rings is 1. The van der Waals surface area contributed by atoms with E-state index in [2.05, 4.69) is 15.2 Å². The summed E-state index contributed by atoms with van der Waals surface area (Å²) in [4.78, 5) is 33.2. The highest BCUT2D eigenvalue weighted by Gasteiger charge is 2.70. The van der Waals surface area contributed by atoms with E-state index in [1.54, 1.807) is 4.90 Å². The first-order chi connectivity index (χ1) is 18.3. The molecule has 3 aliphatic rings. The Morgan fingerprint density at radius 2 is 1.79 bits per heavy atom. The van der Waals surface area contributed by atoms with Gasteiger partial charge in [-0.1, -0.05) is 43.1 Å². The van der Waals surface area contributed by atoms with Gasteiger partial charge in [-0.3, -0.25) is 14.6 Å². The maximum atomic E-state index is 17.1. The van der Waals surface area contributed by atoms with E-state index in [0.29, 0.717) is 4.88 Å². The normalized spacial score (nSPS) is 25.2. The molecule has 2 aromatic heterocycles. The molecule has 2 amide bonds. The molecule has 1 aliphatic carbocycles. The molecule has 3 aromatic rings. The summed E-state index contributed by atoms with van der Waals surface area (Å²) < 4.78 is 53.0. The van der Waals surface area contributed by atoms with Crippen LogP contribution in [0.4, 0.5) is 13.2 Å². The third-order valence-corrected chi connectivity index (χ3v) is 9.60. The highest BCUT2D eigenvalue weighted by atomic mass is 35.5. The Hall–Kier alpha value is -2.70. The van der Waals surface area contributed by atoms with Crippen LogP contribution >= 0.6 is 34.5 Å². The molecule has 206 valence electrons. The maximum Gasteiger partial charge on any atom is 0.349 e. The summed E-state index contributed by atoms with van der Waals surface area (Å²) in [5.41, 5.74) is -2.96. The Morgan fingerprint density at radius 3 is 2.41 bits per heavy atom. The molecule has 2 atom stereocenters. The summed E-state index contributed by atoms with van der Waals surface area (Å²) in [5.74, 6) is -6.28. The quantitative estimate of drug-likeness (QED) is 0.402. The number of rotatable bonds is 5. The molecule has 0 radical (unpaired) electrons. The molecule has 14 heteroatoms. The third-order valence-electron chi connectivity index (χ3n) is 8.10. The largest absolute Gasteiger partial charge is 0.416 e. The molecule has 2 saturated heterocycles. The van der Waals surface area contributed by atoms with Gasteiger partial charge >= 0.3 is 5.92 Å². The fourth-order valence-corrected chi connectivity index (χ4v) is 6.40. The number of amides is 2. The minimum atomic E-state index is -3.79. The number of likely N-dealkylation sites (tertiary alicyclic amines) is 2. The van der Waals surface area contributed by atoms with Gasteiger partial charge in [-0.25, -0.2) is 4.39 Å². The summed E-state index contributed by atoms with van der Waals surface area (Å²) >= 11 is 12.9. The average Bonchev–Trinajstić information content (AvgIpc) is 3.37. The van der Waals surface area contributed by atoms with Crippen molar-refractivity contribution in [2.45, 2.75) is 31.9 Å². The fourth-order valence-electron chi connectivity index (χ4n) is 5.52. The van der Waals surface area contributed by atoms with Crippen molar-refractivity contribution in [2.24, 2.45) is 16.7 Å². The van der Waals surface area contributed by atoms with E-state index in [1.807, 2.05) is 13.8 Å². The van der Waals surface area contributed by atoms with E-state index in [4.69, 9.17) is 27.6 Å². The smallest absolute Gasteiger partial charge is 0.349 e. The summed E-state index contributed by atoms with van der Waals surface area (Å²) in [6, 6.07) is 3.24. The molecule has 1 spiro atoms. The van der Waals surface area contributed by atoms with Crippen molar-refractivity contribution in [2.75, 3.05) is 26.2 Å². The second-order valence-electron chi connectivity index (χ2n) is 11.2. The van der Waals surface area contributed by atoms with Crippen molar-refractivity contribution in [1.29, 1.82) is 0 Å². The first-order valence-electron chi connectivity index (χ1n) is 12.1. The zero-order valence-corrected chi connectivity index (χ0v) is 23.1. The molecule has 2 aliphatic heterocycles. The molecule has 1 aromatic carbocycles. The molecule has 0 unspecified atom stereocenters. The summed E-state index contributed by atoms with van der Waals surface area (Å²) in [7, 11) is 0. The zero-order chi connectivity index (χ0) is 28.0. The molecule has 39 heavy (non-hydrogen) atoms. The zero-order valence-electron chi connectivity index (χ0n) is 20.8. The average molecular weight is 600 g/mol. The van der Waals surface area contributed by atoms with Gasteiger partial charge in [-0.15, -0.1) is 21.5 Å². The van der Waals surface area contributed by atoms with Crippen LogP contribution in [0.5, 0.6) is 0 Å². The molecule has 4 heterocycles. The van der Waals surface area contributed by atoms with Crippen molar-refractivity contribution in [3.8, 4) is 0 Å². The molecule has 3 fully saturated rings. The molecule has 6 rings (SSSR count). The Bertz CT molecular complexity index is 1480. The van der Waals surface area contributed by atoms with Gasteiger partial charge in [0.1, 0.15) is 4.88 Å². The molecular formula is C25H22Cl2F3N5O3S. The predicted molar refractivity (Wildman–Crippen MR) is 135 cm³/mol. The number of nitrogens with zero attached hydrogens (tertiary/aromatic N) is 5. The Labute approximate surface area is 235 Å². The van der Waals surface area contributed by atoms with Gasteiger partial charge in [0.05, 0.1) is 33.7 Å². The van der Waals surface area contributed by atoms with Crippen molar-refractivity contribution < 1.29 is 27.2 Å². The molecule has 0 bridgehead atoms. The van der Waals surface area contributed by atoms with Gasteiger partial charge in [0.15, 0.2) is 0 Å². The Balaban J connectivity index is 1.32. The van der Waals surface area contributed by atoms with Crippen molar-refractivity contribution >= 4 is 46.4 Å². The monoisotopic (exact) mass is 599 g/mol. The van der Waals surface area contributed by atoms with Crippen LogP contribution in [0.2, 0.25) is 10.0 Å². The van der Waals surface area contributed by atoms with Crippen LogP contribution < -0.4 is 0 Å². The first kappa shape index (κ1) is 26.5. The van der Waals surface area contributed by atoms with Gasteiger partial charge in [0.25, 0.3) is 17.7 Å². The van der Waals surface area contributed by atoms with Crippen LogP contribution in [0.25, 0.3) is 0 Å². The van der Waals surface area contributed by atoms with Crippen molar-refractivity contribution in [3.63, 3.8) is 0 Å². The lowest BCUT2D eigenvalue weighted by Crippen LogP contribution is -2.66. The van der Waals surface area contributed by atoms with Crippen LogP contribution in [0.1, 0.15) is 47.3 Å². The SMILES string of the molecule is CC1(C)C[C@@H]1C(=O)N1CC2(CN(C(=O)c3cncs3)C[C@@]2(F)c2nnc(C(F)(F)c3ccc(Cl)c(Cl)c3)o2)C1. The topological polar surface area (TPSA) is 92.4 Å². The summed E-state index contributed by atoms with van der Waals surface area (Å²) in [6.07, 6.45) is 2.12. The number of halogens is 5. The van der Waals surface area contributed by atoms with E-state index in [9.17, 15) is 9.59 Å². The first-order valence-corrected chi connectivity index (χ1v) is 13.7. The number of hydrogen-bond acceptors (Lipinski definition) is 7. The van der Waals surface area contributed by atoms with E-state index >= 15 is 13.2 Å². The minimum absolute atomic E-state index is 0.0116. The number of alkyl halides is 3. The fraction of sp³-hybridized carbons (Fsp3) is 0.480. The molecule has 8 nitrogen and oxygen atoms in total. The minimum Gasteiger partial charge on any atom is -0.416 e. The van der Waals surface area contributed by atoms with E-state index in [0.717, 1.165) is 29.9 Å². The third kappa shape index (κ3) is 4.05. The lowest BCUT2D eigenvalue weighted by molar-refractivity contribution is -0.157. The van der Waals surface area contributed by atoms with Crippen molar-refractivity contribution in [3.05, 3.63) is 62.2 Å².